The maximum absolute atomic E-state index is 12.6. The van der Waals surface area contributed by atoms with E-state index in [1.807, 2.05) is 29.6 Å². The molecule has 6 nitrogen and oxygen atoms in total. The summed E-state index contributed by atoms with van der Waals surface area (Å²) in [6.45, 7) is 10.4. The van der Waals surface area contributed by atoms with Crippen molar-refractivity contribution >= 4 is 5.91 Å². The third-order valence-electron chi connectivity index (χ3n) is 4.10. The molecule has 0 aromatic carbocycles. The van der Waals surface area contributed by atoms with Crippen molar-refractivity contribution in [2.45, 2.75) is 45.8 Å². The summed E-state index contributed by atoms with van der Waals surface area (Å²) < 4.78 is 1.81. The SMILES string of the molecule is CC(C)n1ccc(C(=O)N2C[C@@H](C)N(CCO)[C@@H](C)C2)n1. The molecular formula is C15H26N4O2. The van der Waals surface area contributed by atoms with Gasteiger partial charge in [-0.3, -0.25) is 14.4 Å². The van der Waals surface area contributed by atoms with Crippen LogP contribution in [0.25, 0.3) is 0 Å². The van der Waals surface area contributed by atoms with Gasteiger partial charge in [-0.2, -0.15) is 5.10 Å². The van der Waals surface area contributed by atoms with Crippen LogP contribution in [0.15, 0.2) is 12.3 Å². The van der Waals surface area contributed by atoms with Crippen molar-refractivity contribution in [2.75, 3.05) is 26.2 Å². The van der Waals surface area contributed by atoms with Gasteiger partial charge < -0.3 is 10.0 Å². The van der Waals surface area contributed by atoms with Gasteiger partial charge >= 0.3 is 0 Å². The van der Waals surface area contributed by atoms with Gasteiger partial charge in [0.1, 0.15) is 5.69 Å². The highest BCUT2D eigenvalue weighted by Crippen LogP contribution is 2.17. The predicted molar refractivity (Wildman–Crippen MR) is 81.2 cm³/mol. The highest BCUT2D eigenvalue weighted by Gasteiger charge is 2.32. The first-order chi connectivity index (χ1) is 9.93. The molecule has 2 heterocycles. The van der Waals surface area contributed by atoms with Crippen LogP contribution in [0.4, 0.5) is 0 Å². The molecule has 2 rings (SSSR count). The second-order valence-electron chi connectivity index (χ2n) is 6.14. The number of piperazine rings is 1. The van der Waals surface area contributed by atoms with Gasteiger partial charge in [0.25, 0.3) is 5.91 Å². The summed E-state index contributed by atoms with van der Waals surface area (Å²) in [5.41, 5.74) is 0.513. The molecule has 1 fully saturated rings. The number of carbonyl (C=O) groups is 1. The smallest absolute Gasteiger partial charge is 0.274 e. The molecule has 1 aromatic rings. The molecule has 0 bridgehead atoms. The summed E-state index contributed by atoms with van der Waals surface area (Å²) in [5.74, 6) is -0.00301. The van der Waals surface area contributed by atoms with E-state index in [9.17, 15) is 4.79 Å². The van der Waals surface area contributed by atoms with E-state index in [0.717, 1.165) is 0 Å². The highest BCUT2D eigenvalue weighted by molar-refractivity contribution is 5.92. The number of nitrogens with zero attached hydrogens (tertiary/aromatic N) is 4. The van der Waals surface area contributed by atoms with Crippen molar-refractivity contribution in [1.82, 2.24) is 19.6 Å². The Hall–Kier alpha value is -1.40. The van der Waals surface area contributed by atoms with Crippen LogP contribution in [0.2, 0.25) is 0 Å². The van der Waals surface area contributed by atoms with Gasteiger partial charge in [-0.1, -0.05) is 0 Å². The number of amides is 1. The fourth-order valence-corrected chi connectivity index (χ4v) is 2.98. The lowest BCUT2D eigenvalue weighted by Gasteiger charge is -2.44. The second-order valence-corrected chi connectivity index (χ2v) is 6.14. The van der Waals surface area contributed by atoms with Crippen molar-refractivity contribution in [3.05, 3.63) is 18.0 Å². The molecule has 0 aliphatic carbocycles. The lowest BCUT2D eigenvalue weighted by molar-refractivity contribution is 0.0232. The van der Waals surface area contributed by atoms with E-state index in [4.69, 9.17) is 5.11 Å². The van der Waals surface area contributed by atoms with Gasteiger partial charge in [0.05, 0.1) is 6.61 Å². The number of hydrogen-bond acceptors (Lipinski definition) is 4. The summed E-state index contributed by atoms with van der Waals surface area (Å²) in [4.78, 5) is 16.7. The zero-order chi connectivity index (χ0) is 15.6. The summed E-state index contributed by atoms with van der Waals surface area (Å²) in [7, 11) is 0. The van der Waals surface area contributed by atoms with E-state index in [-0.39, 0.29) is 30.6 Å². The number of β-amino-alcohol motifs (C(OH)–C–C–N with tert-alkyl or cyclic N) is 1. The van der Waals surface area contributed by atoms with Crippen molar-refractivity contribution in [3.8, 4) is 0 Å². The molecule has 21 heavy (non-hydrogen) atoms. The molecule has 1 aliphatic rings. The minimum absolute atomic E-state index is 0.00301. The first-order valence-corrected chi connectivity index (χ1v) is 7.65. The number of rotatable bonds is 4. The Morgan fingerprint density at radius 2 is 2.00 bits per heavy atom. The van der Waals surface area contributed by atoms with Crippen molar-refractivity contribution in [2.24, 2.45) is 0 Å². The van der Waals surface area contributed by atoms with Gasteiger partial charge in [-0.15, -0.1) is 0 Å². The average molecular weight is 294 g/mol. The Balaban J connectivity index is 2.06. The molecule has 6 heteroatoms. The van der Waals surface area contributed by atoms with E-state index < -0.39 is 0 Å². The van der Waals surface area contributed by atoms with E-state index in [0.29, 0.717) is 25.3 Å². The largest absolute Gasteiger partial charge is 0.395 e. The Labute approximate surface area is 126 Å². The summed E-state index contributed by atoms with van der Waals surface area (Å²) in [6, 6.07) is 2.54. The predicted octanol–water partition coefficient (Wildman–Crippen LogP) is 0.991. The quantitative estimate of drug-likeness (QED) is 0.899. The van der Waals surface area contributed by atoms with E-state index in [1.54, 1.807) is 6.07 Å². The number of aromatic nitrogens is 2. The normalized spacial score (nSPS) is 23.8. The van der Waals surface area contributed by atoms with Crippen LogP contribution < -0.4 is 0 Å². The zero-order valence-corrected chi connectivity index (χ0v) is 13.4. The molecule has 2 atom stereocenters. The molecule has 0 unspecified atom stereocenters. The molecule has 1 aliphatic heterocycles. The fraction of sp³-hybridized carbons (Fsp3) is 0.733. The van der Waals surface area contributed by atoms with Crippen LogP contribution >= 0.6 is 0 Å². The lowest BCUT2D eigenvalue weighted by Crippen LogP contribution is -2.58. The molecule has 0 spiro atoms. The number of aliphatic hydroxyl groups excluding tert-OH is 1. The van der Waals surface area contributed by atoms with Crippen molar-refractivity contribution in [1.29, 1.82) is 0 Å². The van der Waals surface area contributed by atoms with Gasteiger partial charge in [0.15, 0.2) is 0 Å². The van der Waals surface area contributed by atoms with Crippen LogP contribution in [0.1, 0.15) is 44.2 Å². The third kappa shape index (κ3) is 3.44. The first-order valence-electron chi connectivity index (χ1n) is 7.65. The van der Waals surface area contributed by atoms with Crippen LogP contribution in [0.3, 0.4) is 0 Å². The number of aliphatic hydroxyl groups is 1. The van der Waals surface area contributed by atoms with E-state index in [1.165, 1.54) is 0 Å². The Kier molecular flexibility index (Phi) is 5.00. The fourth-order valence-electron chi connectivity index (χ4n) is 2.98. The summed E-state index contributed by atoms with van der Waals surface area (Å²) in [5, 5.41) is 13.5. The standard InChI is InChI=1S/C15H26N4O2/c1-11(2)19-6-5-14(16-19)15(21)17-9-12(3)18(7-8-20)13(4)10-17/h5-6,11-13,20H,7-10H2,1-4H3/t12-,13+. The molecule has 1 aromatic heterocycles. The third-order valence-corrected chi connectivity index (χ3v) is 4.10. The average Bonchev–Trinajstić information content (AvgIpc) is 2.91. The molecule has 0 radical (unpaired) electrons. The minimum atomic E-state index is -0.00301. The molecule has 1 amide bonds. The molecule has 118 valence electrons. The molecule has 0 saturated carbocycles. The molecule has 1 saturated heterocycles. The van der Waals surface area contributed by atoms with Gasteiger partial charge in [0.2, 0.25) is 0 Å². The lowest BCUT2D eigenvalue weighted by atomic mass is 10.1. The molecular weight excluding hydrogens is 268 g/mol. The van der Waals surface area contributed by atoms with Crippen LogP contribution in [-0.2, 0) is 0 Å². The monoisotopic (exact) mass is 294 g/mol. The van der Waals surface area contributed by atoms with Crippen LogP contribution in [0.5, 0.6) is 0 Å². The zero-order valence-electron chi connectivity index (χ0n) is 13.4. The Bertz CT molecular complexity index is 474. The summed E-state index contributed by atoms with van der Waals surface area (Å²) >= 11 is 0. The minimum Gasteiger partial charge on any atom is -0.395 e. The van der Waals surface area contributed by atoms with Gasteiger partial charge in [-0.05, 0) is 33.8 Å². The Morgan fingerprint density at radius 3 is 2.48 bits per heavy atom. The Morgan fingerprint density at radius 1 is 1.38 bits per heavy atom. The number of hydrogen-bond donors (Lipinski definition) is 1. The first kappa shape index (κ1) is 16.0. The molecule has 1 N–H and O–H groups in total. The van der Waals surface area contributed by atoms with Gasteiger partial charge in [0, 0.05) is 44.0 Å². The van der Waals surface area contributed by atoms with Crippen molar-refractivity contribution < 1.29 is 9.90 Å². The maximum Gasteiger partial charge on any atom is 0.274 e. The number of carbonyl (C=O) groups excluding carboxylic acids is 1. The van der Waals surface area contributed by atoms with E-state index in [2.05, 4.69) is 23.8 Å². The summed E-state index contributed by atoms with van der Waals surface area (Å²) in [6.07, 6.45) is 1.85. The van der Waals surface area contributed by atoms with Crippen LogP contribution in [0, 0.1) is 0 Å². The maximum atomic E-state index is 12.6. The van der Waals surface area contributed by atoms with E-state index >= 15 is 0 Å². The highest BCUT2D eigenvalue weighted by atomic mass is 16.3. The van der Waals surface area contributed by atoms with Crippen LogP contribution in [-0.4, -0.2) is 68.9 Å². The van der Waals surface area contributed by atoms with Crippen molar-refractivity contribution in [3.63, 3.8) is 0 Å². The second kappa shape index (κ2) is 6.58. The topological polar surface area (TPSA) is 61.6 Å². The van der Waals surface area contributed by atoms with Gasteiger partial charge in [-0.25, -0.2) is 0 Å².